The SMILES string of the molecule is [B]CC(=O)c1cc2ccc(F)cc2c(=O)o1. The van der Waals surface area contributed by atoms with E-state index < -0.39 is 17.2 Å². The molecule has 0 bridgehead atoms. The maximum absolute atomic E-state index is 12.9. The molecule has 3 nitrogen and oxygen atoms in total. The lowest BCUT2D eigenvalue weighted by atomic mass is 9.99. The minimum absolute atomic E-state index is 0.105. The van der Waals surface area contributed by atoms with Gasteiger partial charge in [-0.15, -0.1) is 0 Å². The molecule has 1 aromatic carbocycles. The second kappa shape index (κ2) is 3.92. The Morgan fingerprint density at radius 2 is 2.12 bits per heavy atom. The van der Waals surface area contributed by atoms with Crippen molar-refractivity contribution < 1.29 is 13.6 Å². The Morgan fingerprint density at radius 1 is 1.38 bits per heavy atom. The molecule has 0 amide bonds. The lowest BCUT2D eigenvalue weighted by molar-refractivity contribution is 0.0984. The molecule has 0 N–H and O–H groups in total. The van der Waals surface area contributed by atoms with Gasteiger partial charge in [0.25, 0.3) is 0 Å². The van der Waals surface area contributed by atoms with Crippen LogP contribution >= 0.6 is 0 Å². The van der Waals surface area contributed by atoms with E-state index in [0.717, 1.165) is 6.07 Å². The Kier molecular flexibility index (Phi) is 2.60. The molecule has 0 spiro atoms. The average molecular weight is 216 g/mol. The van der Waals surface area contributed by atoms with E-state index >= 15 is 0 Å². The maximum Gasteiger partial charge on any atom is 0.344 e. The lowest BCUT2D eigenvalue weighted by Gasteiger charge is -2.00. The Hall–Kier alpha value is -1.91. The molecule has 1 heterocycles. The smallest absolute Gasteiger partial charge is 0.344 e. The van der Waals surface area contributed by atoms with E-state index in [-0.39, 0.29) is 17.5 Å². The van der Waals surface area contributed by atoms with Gasteiger partial charge in [-0.3, -0.25) is 4.79 Å². The van der Waals surface area contributed by atoms with Gasteiger partial charge in [-0.2, -0.15) is 0 Å². The minimum Gasteiger partial charge on any atom is -0.419 e. The zero-order valence-corrected chi connectivity index (χ0v) is 8.20. The van der Waals surface area contributed by atoms with Gasteiger partial charge in [0, 0.05) is 0 Å². The van der Waals surface area contributed by atoms with Crippen LogP contribution in [0.3, 0.4) is 0 Å². The van der Waals surface area contributed by atoms with Crippen molar-refractivity contribution in [3.05, 3.63) is 46.3 Å². The largest absolute Gasteiger partial charge is 0.419 e. The summed E-state index contributed by atoms with van der Waals surface area (Å²) in [5, 5.41) is 0.558. The molecule has 1 aromatic heterocycles. The predicted molar refractivity (Wildman–Crippen MR) is 57.3 cm³/mol. The monoisotopic (exact) mass is 216 g/mol. The summed E-state index contributed by atoms with van der Waals surface area (Å²) in [6.07, 6.45) is -0.240. The number of fused-ring (bicyclic) bond motifs is 1. The van der Waals surface area contributed by atoms with Gasteiger partial charge in [0.2, 0.25) is 0 Å². The molecule has 2 aromatic rings. The number of ketones is 1. The normalized spacial score (nSPS) is 10.6. The lowest BCUT2D eigenvalue weighted by Crippen LogP contribution is -2.06. The number of carbonyl (C=O) groups excluding carboxylic acids is 1. The van der Waals surface area contributed by atoms with Gasteiger partial charge < -0.3 is 4.42 Å². The molecule has 5 heteroatoms. The quantitative estimate of drug-likeness (QED) is 0.566. The second-order valence-electron chi connectivity index (χ2n) is 3.26. The number of Topliss-reactive ketones (excluding diaryl/α,β-unsaturated/α-hetero) is 1. The van der Waals surface area contributed by atoms with Gasteiger partial charge in [0.15, 0.2) is 11.5 Å². The number of carbonyl (C=O) groups is 1. The molecule has 0 aliphatic carbocycles. The van der Waals surface area contributed by atoms with Crippen LogP contribution in [0.2, 0.25) is 6.32 Å². The van der Waals surface area contributed by atoms with E-state index in [2.05, 4.69) is 0 Å². The standard InChI is InChI=1S/C11H6BFO3/c12-5-9(14)10-3-6-1-2-7(13)4-8(6)11(15)16-10/h1-4H,5H2. The molecule has 0 fully saturated rings. The van der Waals surface area contributed by atoms with E-state index in [1.807, 2.05) is 0 Å². The predicted octanol–water partition coefficient (Wildman–Crippen LogP) is 1.70. The first-order valence-corrected chi connectivity index (χ1v) is 4.58. The minimum atomic E-state index is -0.742. The number of rotatable bonds is 2. The third kappa shape index (κ3) is 1.76. The van der Waals surface area contributed by atoms with Crippen LogP contribution in [-0.2, 0) is 0 Å². The molecule has 78 valence electrons. The van der Waals surface area contributed by atoms with Gasteiger partial charge in [-0.1, -0.05) is 6.07 Å². The van der Waals surface area contributed by atoms with Crippen LogP contribution < -0.4 is 5.63 Å². The topological polar surface area (TPSA) is 47.3 Å². The van der Waals surface area contributed by atoms with Gasteiger partial charge in [0.1, 0.15) is 5.82 Å². The maximum atomic E-state index is 12.9. The van der Waals surface area contributed by atoms with Gasteiger partial charge in [-0.25, -0.2) is 9.18 Å². The fraction of sp³-hybridized carbons (Fsp3) is 0.0909. The Morgan fingerprint density at radius 3 is 2.81 bits per heavy atom. The fourth-order valence-electron chi connectivity index (χ4n) is 1.39. The summed E-state index contributed by atoms with van der Waals surface area (Å²) in [6.45, 7) is 0. The van der Waals surface area contributed by atoms with Gasteiger partial charge in [0.05, 0.1) is 13.2 Å². The van der Waals surface area contributed by atoms with E-state index in [1.54, 1.807) is 0 Å². The first kappa shape index (κ1) is 10.6. The van der Waals surface area contributed by atoms with Crippen molar-refractivity contribution in [2.45, 2.75) is 6.32 Å². The number of hydrogen-bond acceptors (Lipinski definition) is 3. The van der Waals surface area contributed by atoms with Crippen LogP contribution in [0.1, 0.15) is 10.6 Å². The zero-order chi connectivity index (χ0) is 11.7. The van der Waals surface area contributed by atoms with Crippen molar-refractivity contribution in [3.8, 4) is 0 Å². The number of benzene rings is 1. The van der Waals surface area contributed by atoms with E-state index in [1.165, 1.54) is 18.2 Å². The Bertz CT molecular complexity index is 618. The molecule has 0 atom stereocenters. The summed E-state index contributed by atoms with van der Waals surface area (Å²) >= 11 is 0. The number of hydrogen-bond donors (Lipinski definition) is 0. The molecule has 0 unspecified atom stereocenters. The summed E-state index contributed by atoms with van der Waals surface area (Å²) in [6, 6.07) is 5.07. The van der Waals surface area contributed by atoms with E-state index in [0.29, 0.717) is 5.39 Å². The molecule has 0 aliphatic rings. The molecule has 0 aliphatic heterocycles. The highest BCUT2D eigenvalue weighted by Gasteiger charge is 2.10. The molecule has 16 heavy (non-hydrogen) atoms. The summed E-state index contributed by atoms with van der Waals surface area (Å²) < 4.78 is 17.6. The first-order valence-electron chi connectivity index (χ1n) is 4.58. The van der Waals surface area contributed by atoms with Crippen molar-refractivity contribution in [2.75, 3.05) is 0 Å². The molecule has 2 rings (SSSR count). The molecular weight excluding hydrogens is 210 g/mol. The average Bonchev–Trinajstić information content (AvgIpc) is 2.28. The van der Waals surface area contributed by atoms with Crippen LogP contribution in [0.25, 0.3) is 10.8 Å². The zero-order valence-electron chi connectivity index (χ0n) is 8.20. The highest BCUT2D eigenvalue weighted by Crippen LogP contribution is 2.14. The Labute approximate surface area is 91.3 Å². The molecular formula is C11H6BFO3. The van der Waals surface area contributed by atoms with Gasteiger partial charge in [-0.05, 0) is 29.9 Å². The highest BCUT2D eigenvalue weighted by molar-refractivity contribution is 6.23. The Balaban J connectivity index is 2.73. The first-order chi connectivity index (χ1) is 7.61. The summed E-state index contributed by atoms with van der Waals surface area (Å²) in [4.78, 5) is 22.7. The summed E-state index contributed by atoms with van der Waals surface area (Å²) in [5.41, 5.74) is -0.742. The van der Waals surface area contributed by atoms with Crippen molar-refractivity contribution in [1.82, 2.24) is 0 Å². The van der Waals surface area contributed by atoms with E-state index in [4.69, 9.17) is 12.3 Å². The van der Waals surface area contributed by atoms with Crippen molar-refractivity contribution in [2.24, 2.45) is 0 Å². The van der Waals surface area contributed by atoms with Crippen LogP contribution in [-0.4, -0.2) is 13.6 Å². The van der Waals surface area contributed by atoms with Crippen molar-refractivity contribution in [1.29, 1.82) is 0 Å². The third-order valence-corrected chi connectivity index (χ3v) is 2.18. The molecule has 0 saturated carbocycles. The summed E-state index contributed by atoms with van der Waals surface area (Å²) in [5.74, 6) is -1.10. The van der Waals surface area contributed by atoms with Crippen LogP contribution in [0.4, 0.5) is 4.39 Å². The van der Waals surface area contributed by atoms with Crippen LogP contribution in [0, 0.1) is 5.82 Å². The molecule has 2 radical (unpaired) electrons. The van der Waals surface area contributed by atoms with Crippen molar-refractivity contribution in [3.63, 3.8) is 0 Å². The molecule has 0 saturated heterocycles. The number of halogens is 1. The van der Waals surface area contributed by atoms with Gasteiger partial charge >= 0.3 is 5.63 Å². The van der Waals surface area contributed by atoms with Crippen LogP contribution in [0.15, 0.2) is 33.5 Å². The van der Waals surface area contributed by atoms with E-state index in [9.17, 15) is 14.0 Å². The second-order valence-corrected chi connectivity index (χ2v) is 3.26. The van der Waals surface area contributed by atoms with Crippen molar-refractivity contribution >= 4 is 24.4 Å². The van der Waals surface area contributed by atoms with Crippen LogP contribution in [0.5, 0.6) is 0 Å². The third-order valence-electron chi connectivity index (χ3n) is 2.18. The fourth-order valence-corrected chi connectivity index (χ4v) is 1.39. The highest BCUT2D eigenvalue weighted by atomic mass is 19.1. The summed E-state index contributed by atoms with van der Waals surface area (Å²) in [7, 11) is 5.15.